The fourth-order valence-corrected chi connectivity index (χ4v) is 5.48. The molecule has 3 rings (SSSR count). The van der Waals surface area contributed by atoms with Gasteiger partial charge in [-0.25, -0.2) is 0 Å². The molecule has 0 aromatic rings. The minimum absolute atomic E-state index is 0.177. The van der Waals surface area contributed by atoms with Crippen LogP contribution in [-0.4, -0.2) is 29.8 Å². The third-order valence-electron chi connectivity index (χ3n) is 5.59. The van der Waals surface area contributed by atoms with Crippen LogP contribution in [0.25, 0.3) is 0 Å². The highest BCUT2D eigenvalue weighted by atomic mass is 32.2. The van der Waals surface area contributed by atoms with Crippen molar-refractivity contribution in [3.63, 3.8) is 0 Å². The molecule has 0 radical (unpaired) electrons. The Hall–Kier alpha value is -0.0900. The van der Waals surface area contributed by atoms with Gasteiger partial charge in [0.15, 0.2) is 0 Å². The smallest absolute Gasteiger partial charge is 0.0523 e. The van der Waals surface area contributed by atoms with Crippen molar-refractivity contribution in [3.05, 3.63) is 4.91 Å². The van der Waals surface area contributed by atoms with Crippen LogP contribution in [0.15, 0.2) is 4.58 Å². The first-order chi connectivity index (χ1) is 8.62. The Morgan fingerprint density at radius 2 is 1.67 bits per heavy atom. The number of piperidine rings is 1. The Labute approximate surface area is 114 Å². The van der Waals surface area contributed by atoms with Gasteiger partial charge >= 0.3 is 0 Å². The lowest BCUT2D eigenvalue weighted by Crippen LogP contribution is -2.52. The topological polar surface area (TPSA) is 32.7 Å². The zero-order chi connectivity index (χ0) is 12.8. The van der Waals surface area contributed by atoms with Crippen LogP contribution >= 0.6 is 11.9 Å². The molecule has 0 unspecified atom stereocenters. The lowest BCUT2D eigenvalue weighted by molar-refractivity contribution is 0.0744. The van der Waals surface area contributed by atoms with E-state index in [2.05, 4.69) is 23.5 Å². The molecule has 2 saturated carbocycles. The molecule has 0 bridgehead atoms. The molecule has 0 atom stereocenters. The summed E-state index contributed by atoms with van der Waals surface area (Å²) in [5.74, 6) is 1.53. The van der Waals surface area contributed by atoms with E-state index in [9.17, 15) is 4.91 Å². The second-order valence-corrected chi connectivity index (χ2v) is 7.88. The van der Waals surface area contributed by atoms with Crippen molar-refractivity contribution in [2.24, 2.45) is 21.8 Å². The van der Waals surface area contributed by atoms with Gasteiger partial charge in [-0.15, -0.1) is 4.91 Å². The fourth-order valence-electron chi connectivity index (χ4n) is 4.17. The molecular formula is C14H24N2OS. The highest BCUT2D eigenvalue weighted by Crippen LogP contribution is 2.68. The summed E-state index contributed by atoms with van der Waals surface area (Å²) < 4.78 is 3.50. The largest absolute Gasteiger partial charge is 0.306 e. The highest BCUT2D eigenvalue weighted by molar-refractivity contribution is 7.99. The van der Waals surface area contributed by atoms with Crippen molar-refractivity contribution < 1.29 is 0 Å². The average Bonchev–Trinajstić information content (AvgIpc) is 3.21. The van der Waals surface area contributed by atoms with Crippen LogP contribution in [-0.2, 0) is 0 Å². The van der Waals surface area contributed by atoms with Crippen LogP contribution in [0.2, 0.25) is 0 Å². The van der Waals surface area contributed by atoms with Crippen LogP contribution in [0.4, 0.5) is 0 Å². The van der Waals surface area contributed by atoms with Crippen molar-refractivity contribution in [1.82, 2.24) is 4.90 Å². The molecule has 0 aromatic carbocycles. The van der Waals surface area contributed by atoms with Crippen molar-refractivity contribution >= 4 is 11.9 Å². The Morgan fingerprint density at radius 1 is 1.17 bits per heavy atom. The highest BCUT2D eigenvalue weighted by Gasteiger charge is 2.64. The maximum atomic E-state index is 11.0. The maximum Gasteiger partial charge on any atom is 0.0523 e. The van der Waals surface area contributed by atoms with E-state index in [0.29, 0.717) is 5.41 Å². The third-order valence-corrected chi connectivity index (χ3v) is 7.13. The van der Waals surface area contributed by atoms with Crippen LogP contribution < -0.4 is 0 Å². The molecule has 3 nitrogen and oxygen atoms in total. The number of hydrogen-bond acceptors (Lipinski definition) is 4. The molecule has 3 aliphatic rings. The van der Waals surface area contributed by atoms with Gasteiger partial charge in [0.2, 0.25) is 0 Å². The van der Waals surface area contributed by atoms with Crippen LogP contribution in [0.5, 0.6) is 0 Å². The standard InChI is InChI=1S/C14H24N2OS/c1-13(7-9-16(2)10-8-13)14(18-15-17,11-3-4-11)12-5-6-12/h11-12H,3-10H2,1-2H3. The number of rotatable bonds is 5. The summed E-state index contributed by atoms with van der Waals surface area (Å²) in [4.78, 5) is 13.5. The van der Waals surface area contributed by atoms with Gasteiger partial charge in [-0.05, 0) is 75.9 Å². The summed E-state index contributed by atoms with van der Waals surface area (Å²) >= 11 is 1.42. The minimum Gasteiger partial charge on any atom is -0.306 e. The molecule has 0 spiro atoms. The molecule has 18 heavy (non-hydrogen) atoms. The molecule has 0 aromatic heterocycles. The quantitative estimate of drug-likeness (QED) is 0.563. The van der Waals surface area contributed by atoms with Crippen molar-refractivity contribution in [2.75, 3.05) is 20.1 Å². The summed E-state index contributed by atoms with van der Waals surface area (Å²) in [6.45, 7) is 4.79. The van der Waals surface area contributed by atoms with Crippen molar-refractivity contribution in [2.45, 2.75) is 50.2 Å². The number of hydrogen-bond donors (Lipinski definition) is 0. The minimum atomic E-state index is 0.177. The van der Waals surface area contributed by atoms with Crippen LogP contribution in [0.1, 0.15) is 45.4 Å². The second-order valence-electron chi connectivity index (χ2n) is 6.87. The van der Waals surface area contributed by atoms with E-state index in [1.807, 2.05) is 0 Å². The van der Waals surface area contributed by atoms with E-state index in [1.54, 1.807) is 0 Å². The first-order valence-corrected chi connectivity index (χ1v) is 8.09. The van der Waals surface area contributed by atoms with E-state index >= 15 is 0 Å². The maximum absolute atomic E-state index is 11.0. The van der Waals surface area contributed by atoms with E-state index in [-0.39, 0.29) is 4.75 Å². The zero-order valence-corrected chi connectivity index (χ0v) is 12.3. The summed E-state index contributed by atoms with van der Waals surface area (Å²) in [5.41, 5.74) is 0.320. The third kappa shape index (κ3) is 1.92. The molecule has 2 aliphatic carbocycles. The molecule has 0 amide bonds. The van der Waals surface area contributed by atoms with Gasteiger partial charge in [0, 0.05) is 16.5 Å². The van der Waals surface area contributed by atoms with Gasteiger partial charge in [0.25, 0.3) is 0 Å². The SMILES string of the molecule is CN1CCC(C)(C(SN=O)(C2CC2)C2CC2)CC1. The first kappa shape index (κ1) is 12.9. The van der Waals surface area contributed by atoms with E-state index < -0.39 is 0 Å². The van der Waals surface area contributed by atoms with Gasteiger partial charge in [0.1, 0.15) is 0 Å². The fraction of sp³-hybridized carbons (Fsp3) is 1.00. The predicted octanol–water partition coefficient (Wildman–Crippen LogP) is 3.69. The van der Waals surface area contributed by atoms with E-state index in [4.69, 9.17) is 0 Å². The monoisotopic (exact) mass is 268 g/mol. The van der Waals surface area contributed by atoms with E-state index in [0.717, 1.165) is 11.8 Å². The summed E-state index contributed by atoms with van der Waals surface area (Å²) in [6.07, 6.45) is 7.77. The Balaban J connectivity index is 1.89. The van der Waals surface area contributed by atoms with Gasteiger partial charge in [-0.2, -0.15) is 0 Å². The molecule has 102 valence electrons. The second kappa shape index (κ2) is 4.48. The van der Waals surface area contributed by atoms with Crippen LogP contribution in [0, 0.1) is 22.2 Å². The molecule has 0 N–H and O–H groups in total. The number of nitroso groups, excluding NO2 is 1. The van der Waals surface area contributed by atoms with Crippen molar-refractivity contribution in [3.8, 4) is 0 Å². The molecule has 1 heterocycles. The lowest BCUT2D eigenvalue weighted by Gasteiger charge is -2.51. The van der Waals surface area contributed by atoms with Gasteiger partial charge in [-0.3, -0.25) is 0 Å². The molecule has 1 aliphatic heterocycles. The predicted molar refractivity (Wildman–Crippen MR) is 76.4 cm³/mol. The molecule has 4 heteroatoms. The lowest BCUT2D eigenvalue weighted by atomic mass is 9.65. The number of likely N-dealkylation sites (tertiary alicyclic amines) is 1. The molecular weight excluding hydrogens is 244 g/mol. The van der Waals surface area contributed by atoms with Gasteiger partial charge < -0.3 is 4.90 Å². The van der Waals surface area contributed by atoms with E-state index in [1.165, 1.54) is 63.6 Å². The summed E-state index contributed by atoms with van der Waals surface area (Å²) in [5, 5.41) is 0. The van der Waals surface area contributed by atoms with Gasteiger partial charge in [-0.1, -0.05) is 6.92 Å². The zero-order valence-electron chi connectivity index (χ0n) is 11.5. The average molecular weight is 268 g/mol. The summed E-state index contributed by atoms with van der Waals surface area (Å²) in [6, 6.07) is 0. The number of nitrogens with zero attached hydrogens (tertiary/aromatic N) is 2. The first-order valence-electron chi connectivity index (χ1n) is 7.32. The summed E-state index contributed by atoms with van der Waals surface area (Å²) in [7, 11) is 2.21. The van der Waals surface area contributed by atoms with Crippen molar-refractivity contribution in [1.29, 1.82) is 0 Å². The molecule has 3 fully saturated rings. The molecule has 1 saturated heterocycles. The Kier molecular flexibility index (Phi) is 3.22. The van der Waals surface area contributed by atoms with Gasteiger partial charge in [0.05, 0.1) is 4.75 Å². The Bertz CT molecular complexity index is 319. The normalized spacial score (nSPS) is 29.2. The van der Waals surface area contributed by atoms with Crippen LogP contribution in [0.3, 0.4) is 0 Å². The Morgan fingerprint density at radius 3 is 2.06 bits per heavy atom.